The van der Waals surface area contributed by atoms with Crippen LogP contribution in [0.3, 0.4) is 0 Å². The Labute approximate surface area is 126 Å². The van der Waals surface area contributed by atoms with Crippen LogP contribution in [0.5, 0.6) is 0 Å². The number of rotatable bonds is 5. The fraction of sp³-hybridized carbons (Fsp3) is 0.571. The minimum atomic E-state index is -1.05. The molecule has 0 saturated heterocycles. The van der Waals surface area contributed by atoms with Crippen LogP contribution in [-0.4, -0.2) is 29.2 Å². The molecule has 2 heterocycles. The molecule has 0 spiro atoms. The Bertz CT molecular complexity index is 619. The topological polar surface area (TPSA) is 39.9 Å². The van der Waals surface area contributed by atoms with E-state index >= 15 is 0 Å². The number of hydrogen-bond acceptors (Lipinski definition) is 3. The van der Waals surface area contributed by atoms with Crippen molar-refractivity contribution in [3.05, 3.63) is 22.6 Å². The summed E-state index contributed by atoms with van der Waals surface area (Å²) in [6.07, 6.45) is 0. The van der Waals surface area contributed by atoms with Gasteiger partial charge in [-0.2, -0.15) is 0 Å². The van der Waals surface area contributed by atoms with E-state index in [4.69, 9.17) is 16.3 Å². The molecule has 0 atom stereocenters. The van der Waals surface area contributed by atoms with Crippen LogP contribution in [0.25, 0.3) is 11.2 Å². The van der Waals surface area contributed by atoms with Gasteiger partial charge in [-0.3, -0.25) is 4.57 Å². The van der Waals surface area contributed by atoms with E-state index in [1.165, 1.54) is 0 Å². The van der Waals surface area contributed by atoms with Gasteiger partial charge in [0.25, 0.3) is 0 Å². The van der Waals surface area contributed by atoms with E-state index in [1.54, 1.807) is 0 Å². The van der Waals surface area contributed by atoms with Crippen molar-refractivity contribution >= 4 is 30.8 Å². The molecule has 0 aromatic carbocycles. The molecule has 20 heavy (non-hydrogen) atoms. The number of pyridine rings is 1. The van der Waals surface area contributed by atoms with Gasteiger partial charge in [0.1, 0.15) is 23.2 Å². The van der Waals surface area contributed by atoms with Crippen molar-refractivity contribution in [1.29, 1.82) is 0 Å². The molecule has 4 nitrogen and oxygen atoms in total. The number of halogens is 1. The quantitative estimate of drug-likeness (QED) is 0.476. The number of hydrogen-bond donors (Lipinski definition) is 0. The van der Waals surface area contributed by atoms with Gasteiger partial charge >= 0.3 is 0 Å². The summed E-state index contributed by atoms with van der Waals surface area (Å²) in [4.78, 5) is 8.93. The molecule has 2 rings (SSSR count). The van der Waals surface area contributed by atoms with Crippen molar-refractivity contribution in [2.45, 2.75) is 46.3 Å². The van der Waals surface area contributed by atoms with E-state index in [0.717, 1.165) is 35.2 Å². The molecule has 0 aliphatic rings. The normalized spacial score (nSPS) is 12.3. The molecule has 0 amide bonds. The first-order valence-electron chi connectivity index (χ1n) is 6.86. The minimum Gasteiger partial charge on any atom is -0.361 e. The zero-order valence-electron chi connectivity index (χ0n) is 12.8. The third kappa shape index (κ3) is 3.59. The number of aromatic nitrogens is 3. The Kier molecular flexibility index (Phi) is 4.51. The van der Waals surface area contributed by atoms with E-state index in [1.807, 2.05) is 24.5 Å². The van der Waals surface area contributed by atoms with Crippen molar-refractivity contribution in [3.63, 3.8) is 0 Å². The number of imidazole rings is 1. The molecule has 0 fully saturated rings. The molecule has 2 aromatic heterocycles. The van der Waals surface area contributed by atoms with Gasteiger partial charge in [0, 0.05) is 14.7 Å². The molecular formula is C14H22ClN3OSi. The lowest BCUT2D eigenvalue weighted by atomic mass is 10.3. The zero-order chi connectivity index (χ0) is 14.9. The van der Waals surface area contributed by atoms with E-state index in [9.17, 15) is 0 Å². The fourth-order valence-electron chi connectivity index (χ4n) is 2.00. The Hall–Kier alpha value is -0.913. The van der Waals surface area contributed by atoms with Gasteiger partial charge in [-0.25, -0.2) is 9.97 Å². The van der Waals surface area contributed by atoms with Crippen LogP contribution in [0, 0.1) is 13.8 Å². The highest BCUT2D eigenvalue weighted by Gasteiger charge is 2.14. The summed E-state index contributed by atoms with van der Waals surface area (Å²) in [5.74, 6) is 0.908. The third-order valence-corrected chi connectivity index (χ3v) is 5.17. The van der Waals surface area contributed by atoms with E-state index < -0.39 is 8.07 Å². The highest BCUT2D eigenvalue weighted by atomic mass is 35.5. The molecule has 0 aliphatic carbocycles. The molecule has 110 valence electrons. The Morgan fingerprint density at radius 3 is 2.60 bits per heavy atom. The lowest BCUT2D eigenvalue weighted by Gasteiger charge is -2.15. The average Bonchev–Trinajstić information content (AvgIpc) is 2.61. The highest BCUT2D eigenvalue weighted by molar-refractivity contribution is 6.76. The van der Waals surface area contributed by atoms with Crippen molar-refractivity contribution in [1.82, 2.24) is 14.5 Å². The standard InChI is InChI=1S/C14H22ClN3OSi/c1-10-8-12(15)17-14-13(10)16-11(2)18(14)9-19-6-7-20(3,4)5/h8H,6-7,9H2,1-5H3. The van der Waals surface area contributed by atoms with Gasteiger partial charge in [0.2, 0.25) is 0 Å². The number of nitrogens with zero attached hydrogens (tertiary/aromatic N) is 3. The molecule has 0 radical (unpaired) electrons. The molecular weight excluding hydrogens is 290 g/mol. The van der Waals surface area contributed by atoms with Gasteiger partial charge in [-0.1, -0.05) is 31.2 Å². The third-order valence-electron chi connectivity index (χ3n) is 3.27. The second kappa shape index (κ2) is 5.83. The largest absolute Gasteiger partial charge is 0.361 e. The minimum absolute atomic E-state index is 0.486. The molecule has 0 unspecified atom stereocenters. The Balaban J connectivity index is 2.16. The van der Waals surface area contributed by atoms with E-state index in [-0.39, 0.29) is 0 Å². The van der Waals surface area contributed by atoms with E-state index in [2.05, 4.69) is 29.6 Å². The Morgan fingerprint density at radius 2 is 1.95 bits per heavy atom. The zero-order valence-corrected chi connectivity index (χ0v) is 14.6. The van der Waals surface area contributed by atoms with Gasteiger partial charge in [0.05, 0.1) is 0 Å². The highest BCUT2D eigenvalue weighted by Crippen LogP contribution is 2.21. The molecule has 6 heteroatoms. The van der Waals surface area contributed by atoms with Crippen LogP contribution in [0.1, 0.15) is 11.4 Å². The maximum atomic E-state index is 6.04. The molecule has 0 aliphatic heterocycles. The van der Waals surface area contributed by atoms with Gasteiger partial charge in [-0.05, 0) is 31.5 Å². The monoisotopic (exact) mass is 311 g/mol. The fourth-order valence-corrected chi connectivity index (χ4v) is 3.00. The lowest BCUT2D eigenvalue weighted by molar-refractivity contribution is 0.0881. The van der Waals surface area contributed by atoms with Gasteiger partial charge in [-0.15, -0.1) is 0 Å². The van der Waals surface area contributed by atoms with Crippen molar-refractivity contribution in [3.8, 4) is 0 Å². The number of fused-ring (bicyclic) bond motifs is 1. The lowest BCUT2D eigenvalue weighted by Crippen LogP contribution is -2.22. The van der Waals surface area contributed by atoms with Gasteiger partial charge < -0.3 is 4.74 Å². The first-order valence-corrected chi connectivity index (χ1v) is 10.9. The second-order valence-electron chi connectivity index (χ2n) is 6.37. The summed E-state index contributed by atoms with van der Waals surface area (Å²) in [6, 6.07) is 3.00. The first kappa shape index (κ1) is 15.5. The van der Waals surface area contributed by atoms with Crippen molar-refractivity contribution in [2.24, 2.45) is 0 Å². The van der Waals surface area contributed by atoms with Crippen LogP contribution in [0.2, 0.25) is 30.8 Å². The average molecular weight is 312 g/mol. The van der Waals surface area contributed by atoms with Crippen LogP contribution in [-0.2, 0) is 11.5 Å². The first-order chi connectivity index (χ1) is 9.28. The number of ether oxygens (including phenoxy) is 1. The van der Waals surface area contributed by atoms with Crippen LogP contribution in [0.4, 0.5) is 0 Å². The predicted molar refractivity (Wildman–Crippen MR) is 86.1 cm³/mol. The van der Waals surface area contributed by atoms with Crippen LogP contribution >= 0.6 is 11.6 Å². The SMILES string of the molecule is Cc1cc(Cl)nc2c1nc(C)n2COCC[Si](C)(C)C. The molecule has 2 aromatic rings. The summed E-state index contributed by atoms with van der Waals surface area (Å²) in [7, 11) is -1.05. The summed E-state index contributed by atoms with van der Waals surface area (Å²) in [6.45, 7) is 12.3. The predicted octanol–water partition coefficient (Wildman–Crippen LogP) is 4.01. The smallest absolute Gasteiger partial charge is 0.163 e. The van der Waals surface area contributed by atoms with Gasteiger partial charge in [0.15, 0.2) is 5.65 Å². The van der Waals surface area contributed by atoms with Crippen molar-refractivity contribution < 1.29 is 4.74 Å². The maximum absolute atomic E-state index is 6.04. The number of aryl methyl sites for hydroxylation is 2. The molecule has 0 bridgehead atoms. The molecule has 0 saturated carbocycles. The molecule has 0 N–H and O–H groups in total. The summed E-state index contributed by atoms with van der Waals surface area (Å²) >= 11 is 6.04. The summed E-state index contributed by atoms with van der Waals surface area (Å²) in [5.41, 5.74) is 2.75. The summed E-state index contributed by atoms with van der Waals surface area (Å²) < 4.78 is 7.78. The summed E-state index contributed by atoms with van der Waals surface area (Å²) in [5, 5.41) is 0.498. The van der Waals surface area contributed by atoms with Crippen LogP contribution in [0.15, 0.2) is 6.07 Å². The van der Waals surface area contributed by atoms with Crippen LogP contribution < -0.4 is 0 Å². The second-order valence-corrected chi connectivity index (χ2v) is 12.4. The van der Waals surface area contributed by atoms with E-state index in [0.29, 0.717) is 11.9 Å². The Morgan fingerprint density at radius 1 is 1.25 bits per heavy atom. The van der Waals surface area contributed by atoms with Crippen molar-refractivity contribution in [2.75, 3.05) is 6.61 Å². The maximum Gasteiger partial charge on any atom is 0.163 e.